The molecule has 1 amide bonds. The maximum absolute atomic E-state index is 11.8. The number of likely N-dealkylation sites (N-methyl/N-ethyl adjacent to an activating group) is 1. The van der Waals surface area contributed by atoms with E-state index in [-0.39, 0.29) is 18.5 Å². The number of carbonyl (C=O) groups excluding carboxylic acids is 1. The van der Waals surface area contributed by atoms with Gasteiger partial charge in [-0.15, -0.1) is 0 Å². The molecule has 1 aromatic rings. The summed E-state index contributed by atoms with van der Waals surface area (Å²) in [6, 6.07) is 0.187. The van der Waals surface area contributed by atoms with E-state index in [2.05, 4.69) is 39.6 Å². The Morgan fingerprint density at radius 2 is 2.23 bits per heavy atom. The average molecular weight is 365 g/mol. The van der Waals surface area contributed by atoms with Crippen molar-refractivity contribution in [3.05, 3.63) is 11.6 Å². The summed E-state index contributed by atoms with van der Waals surface area (Å²) >= 11 is 0. The molecule has 2 N–H and O–H groups in total. The Balaban J connectivity index is 2.00. The molecule has 9 nitrogen and oxygen atoms in total. The van der Waals surface area contributed by atoms with E-state index in [1.54, 1.807) is 21.2 Å². The molecule has 2 rings (SSSR count). The Morgan fingerprint density at radius 1 is 1.46 bits per heavy atom. The van der Waals surface area contributed by atoms with E-state index in [0.717, 1.165) is 31.0 Å². The van der Waals surface area contributed by atoms with Gasteiger partial charge in [0.1, 0.15) is 12.4 Å². The summed E-state index contributed by atoms with van der Waals surface area (Å²) in [7, 11) is 5.10. The lowest BCUT2D eigenvalue weighted by atomic mass is 10.1. The summed E-state index contributed by atoms with van der Waals surface area (Å²) in [5.41, 5.74) is 0. The third kappa shape index (κ3) is 5.69. The number of methoxy groups -OCH3 is 1. The predicted octanol–water partition coefficient (Wildman–Crippen LogP) is -0.0139. The number of nitrogens with zero attached hydrogens (tertiary/aromatic N) is 5. The highest BCUT2D eigenvalue weighted by Gasteiger charge is 2.23. The van der Waals surface area contributed by atoms with Gasteiger partial charge in [-0.05, 0) is 6.42 Å². The van der Waals surface area contributed by atoms with Crippen LogP contribution in [0.3, 0.4) is 0 Å². The number of ether oxygens (including phenoxy) is 1. The predicted molar refractivity (Wildman–Crippen MR) is 100 cm³/mol. The van der Waals surface area contributed by atoms with Gasteiger partial charge in [-0.1, -0.05) is 13.8 Å². The molecular weight excluding hydrogens is 334 g/mol. The fourth-order valence-electron chi connectivity index (χ4n) is 2.60. The molecule has 2 heterocycles. The molecule has 0 aromatic carbocycles. The maximum Gasteiger partial charge on any atom is 0.243 e. The molecule has 1 aliphatic heterocycles. The molecular formula is C17H31N7O2. The first-order valence-electron chi connectivity index (χ1n) is 9.08. The summed E-state index contributed by atoms with van der Waals surface area (Å²) in [5, 5.41) is 11.2. The second kappa shape index (κ2) is 9.51. The van der Waals surface area contributed by atoms with Gasteiger partial charge in [0.2, 0.25) is 5.91 Å². The third-order valence-electron chi connectivity index (χ3n) is 4.20. The number of rotatable bonds is 7. The van der Waals surface area contributed by atoms with Crippen LogP contribution in [0.4, 0.5) is 0 Å². The molecule has 0 spiro atoms. The highest BCUT2D eigenvalue weighted by molar-refractivity contribution is 5.84. The molecule has 9 heteroatoms. The van der Waals surface area contributed by atoms with Crippen LogP contribution in [0.1, 0.15) is 37.8 Å². The normalized spacial score (nSPS) is 17.2. The fourth-order valence-corrected chi connectivity index (χ4v) is 2.60. The van der Waals surface area contributed by atoms with Gasteiger partial charge in [0, 0.05) is 46.1 Å². The van der Waals surface area contributed by atoms with Crippen molar-refractivity contribution >= 4 is 11.9 Å². The number of carbonyl (C=O) groups is 1. The first-order valence-corrected chi connectivity index (χ1v) is 9.08. The Bertz CT molecular complexity index is 625. The molecule has 146 valence electrons. The quantitative estimate of drug-likeness (QED) is 0.401. The number of fused-ring (bicyclic) bond motifs is 1. The zero-order valence-electron chi connectivity index (χ0n) is 16.4. The lowest BCUT2D eigenvalue weighted by Gasteiger charge is -2.25. The Morgan fingerprint density at radius 3 is 2.88 bits per heavy atom. The fraction of sp³-hybridized carbons (Fsp3) is 0.765. The van der Waals surface area contributed by atoms with Gasteiger partial charge in [0.15, 0.2) is 11.8 Å². The number of hydrogen-bond donors (Lipinski definition) is 2. The van der Waals surface area contributed by atoms with Crippen LogP contribution >= 0.6 is 0 Å². The first-order chi connectivity index (χ1) is 12.4. The van der Waals surface area contributed by atoms with Gasteiger partial charge < -0.3 is 20.3 Å². The van der Waals surface area contributed by atoms with E-state index in [4.69, 9.17) is 4.74 Å². The van der Waals surface area contributed by atoms with Gasteiger partial charge in [0.05, 0.1) is 13.2 Å². The number of hydrogen-bond acceptors (Lipinski definition) is 5. The van der Waals surface area contributed by atoms with Crippen LogP contribution in [0.25, 0.3) is 0 Å². The van der Waals surface area contributed by atoms with Crippen LogP contribution in [0.5, 0.6) is 0 Å². The standard InChI is InChI=1S/C17H31N7O2/c1-12(2)16-21-14-7-6-13(11-24(14)22-16)20-17(18-8-9-26-5)19-10-15(25)23(3)4/h12-13H,6-11H2,1-5H3,(H2,18,19,20). The summed E-state index contributed by atoms with van der Waals surface area (Å²) < 4.78 is 7.06. The number of nitrogens with one attached hydrogen (secondary N) is 2. The lowest BCUT2D eigenvalue weighted by Crippen LogP contribution is -2.48. The Labute approximate surface area is 155 Å². The minimum atomic E-state index is -0.0402. The van der Waals surface area contributed by atoms with Crippen LogP contribution in [0.2, 0.25) is 0 Å². The molecule has 1 atom stereocenters. The highest BCUT2D eigenvalue weighted by atomic mass is 16.5. The van der Waals surface area contributed by atoms with E-state index in [9.17, 15) is 4.79 Å². The first kappa shape index (κ1) is 20.2. The summed E-state index contributed by atoms with van der Waals surface area (Å²) in [4.78, 5) is 22.4. The summed E-state index contributed by atoms with van der Waals surface area (Å²) in [6.45, 7) is 6.23. The topological polar surface area (TPSA) is 96.7 Å². The number of aliphatic imine (C=N–C) groups is 1. The molecule has 1 aromatic heterocycles. The van der Waals surface area contributed by atoms with Crippen molar-refractivity contribution in [3.8, 4) is 0 Å². The number of aryl methyl sites for hydroxylation is 1. The van der Waals surface area contributed by atoms with Crippen molar-refractivity contribution in [3.63, 3.8) is 0 Å². The molecule has 0 aliphatic carbocycles. The maximum atomic E-state index is 11.8. The smallest absolute Gasteiger partial charge is 0.243 e. The van der Waals surface area contributed by atoms with E-state index in [0.29, 0.717) is 25.0 Å². The second-order valence-electron chi connectivity index (χ2n) is 6.98. The second-order valence-corrected chi connectivity index (χ2v) is 6.98. The van der Waals surface area contributed by atoms with Crippen molar-refractivity contribution in [1.29, 1.82) is 0 Å². The third-order valence-corrected chi connectivity index (χ3v) is 4.20. The van der Waals surface area contributed by atoms with Crippen molar-refractivity contribution < 1.29 is 9.53 Å². The zero-order chi connectivity index (χ0) is 19.1. The number of guanidine groups is 1. The van der Waals surface area contributed by atoms with Gasteiger partial charge in [0.25, 0.3) is 0 Å². The van der Waals surface area contributed by atoms with Gasteiger partial charge in [-0.3, -0.25) is 4.79 Å². The molecule has 1 unspecified atom stereocenters. The van der Waals surface area contributed by atoms with Gasteiger partial charge in [-0.2, -0.15) is 5.10 Å². The molecule has 0 radical (unpaired) electrons. The van der Waals surface area contributed by atoms with Crippen molar-refractivity contribution in [2.24, 2.45) is 4.99 Å². The number of aromatic nitrogens is 3. The minimum absolute atomic E-state index is 0.0402. The van der Waals surface area contributed by atoms with E-state index >= 15 is 0 Å². The SMILES string of the molecule is COCCNC(=NCC(=O)N(C)C)NC1CCc2nc(C(C)C)nn2C1. The molecule has 26 heavy (non-hydrogen) atoms. The Kier molecular flexibility index (Phi) is 7.38. The minimum Gasteiger partial charge on any atom is -0.383 e. The zero-order valence-corrected chi connectivity index (χ0v) is 16.4. The summed E-state index contributed by atoms with van der Waals surface area (Å²) in [5.74, 6) is 2.84. The monoisotopic (exact) mass is 365 g/mol. The van der Waals surface area contributed by atoms with Crippen LogP contribution in [-0.2, 0) is 22.5 Å². The van der Waals surface area contributed by atoms with Crippen molar-refractivity contribution in [2.45, 2.75) is 45.2 Å². The van der Waals surface area contributed by atoms with E-state index in [1.165, 1.54) is 4.90 Å². The average Bonchev–Trinajstić information content (AvgIpc) is 3.03. The van der Waals surface area contributed by atoms with Gasteiger partial charge in [-0.25, -0.2) is 14.7 Å². The van der Waals surface area contributed by atoms with Gasteiger partial charge >= 0.3 is 0 Å². The van der Waals surface area contributed by atoms with Crippen LogP contribution < -0.4 is 10.6 Å². The Hall–Kier alpha value is -2.16. The number of amides is 1. The van der Waals surface area contributed by atoms with Crippen molar-refractivity contribution in [2.75, 3.05) is 40.9 Å². The molecule has 0 bridgehead atoms. The molecule has 1 aliphatic rings. The molecule has 0 fully saturated rings. The largest absolute Gasteiger partial charge is 0.383 e. The lowest BCUT2D eigenvalue weighted by molar-refractivity contribution is -0.127. The van der Waals surface area contributed by atoms with Crippen LogP contribution in [-0.4, -0.2) is 78.5 Å². The molecule has 0 saturated carbocycles. The van der Waals surface area contributed by atoms with E-state index < -0.39 is 0 Å². The molecule has 0 saturated heterocycles. The summed E-state index contributed by atoms with van der Waals surface area (Å²) in [6.07, 6.45) is 1.82. The highest BCUT2D eigenvalue weighted by Crippen LogP contribution is 2.16. The van der Waals surface area contributed by atoms with Crippen LogP contribution in [0, 0.1) is 0 Å². The van der Waals surface area contributed by atoms with Crippen LogP contribution in [0.15, 0.2) is 4.99 Å². The van der Waals surface area contributed by atoms with Crippen molar-refractivity contribution in [1.82, 2.24) is 30.3 Å². The van der Waals surface area contributed by atoms with E-state index in [1.807, 2.05) is 4.68 Å².